The Morgan fingerprint density at radius 3 is 2.62 bits per heavy atom. The van der Waals surface area contributed by atoms with Gasteiger partial charge in [0.25, 0.3) is 0 Å². The summed E-state index contributed by atoms with van der Waals surface area (Å²) in [7, 11) is -3.61. The van der Waals surface area contributed by atoms with Crippen LogP contribution in [0.5, 0.6) is 0 Å². The first-order valence-electron chi connectivity index (χ1n) is 11.6. The van der Waals surface area contributed by atoms with Gasteiger partial charge in [0, 0.05) is 37.9 Å². The average molecular weight is 491 g/mol. The Labute approximate surface area is 201 Å². The second-order valence-electron chi connectivity index (χ2n) is 8.82. The topological polar surface area (TPSA) is 122 Å². The van der Waals surface area contributed by atoms with Crippen LogP contribution in [0.4, 0.5) is 4.79 Å². The van der Waals surface area contributed by atoms with Crippen molar-refractivity contribution in [1.29, 1.82) is 0 Å². The number of hydrogen-bond donors (Lipinski definition) is 2. The maximum atomic E-state index is 13.0. The third-order valence-corrected chi connectivity index (χ3v) is 8.06. The first kappa shape index (κ1) is 26.1. The van der Waals surface area contributed by atoms with E-state index in [1.807, 2.05) is 6.92 Å². The highest BCUT2D eigenvalue weighted by molar-refractivity contribution is 7.89. The van der Waals surface area contributed by atoms with Crippen LogP contribution in [-0.2, 0) is 27.8 Å². The van der Waals surface area contributed by atoms with Crippen LogP contribution >= 0.6 is 0 Å². The first-order valence-corrected chi connectivity index (χ1v) is 13.2. The number of amides is 1. The predicted molar refractivity (Wildman–Crippen MR) is 129 cm³/mol. The third-order valence-electron chi connectivity index (χ3n) is 6.09. The molecule has 9 nitrogen and oxygen atoms in total. The lowest BCUT2D eigenvalue weighted by Gasteiger charge is -2.32. The van der Waals surface area contributed by atoms with Crippen molar-refractivity contribution in [2.45, 2.75) is 64.7 Å². The summed E-state index contributed by atoms with van der Waals surface area (Å²) in [5.74, 6) is 0.394. The number of carboxylic acid groups (broad SMARTS) is 1. The van der Waals surface area contributed by atoms with Gasteiger partial charge in [0.15, 0.2) is 0 Å². The Kier molecular flexibility index (Phi) is 9.37. The molecule has 1 saturated heterocycles. The molecule has 186 valence electrons. The molecule has 2 N–H and O–H groups in total. The Morgan fingerprint density at radius 1 is 1.24 bits per heavy atom. The second-order valence-corrected chi connectivity index (χ2v) is 10.8. The summed E-state index contributed by atoms with van der Waals surface area (Å²) in [6.07, 6.45) is 4.84. The zero-order valence-corrected chi connectivity index (χ0v) is 20.6. The molecule has 1 aliphatic heterocycles. The van der Waals surface area contributed by atoms with Gasteiger partial charge in [0.1, 0.15) is 5.82 Å². The Bertz CT molecular complexity index is 1040. The molecule has 2 aromatic rings. The van der Waals surface area contributed by atoms with Gasteiger partial charge in [-0.15, -0.1) is 0 Å². The van der Waals surface area contributed by atoms with Crippen molar-refractivity contribution in [3.8, 4) is 0 Å². The van der Waals surface area contributed by atoms with E-state index in [4.69, 9.17) is 4.74 Å². The molecular weight excluding hydrogens is 456 g/mol. The number of ether oxygens (including phenoxy) is 1. The Morgan fingerprint density at radius 2 is 1.94 bits per heavy atom. The molecule has 0 spiro atoms. The minimum absolute atomic E-state index is 0.00479. The molecule has 1 aliphatic rings. The number of carbonyl (C=O) groups is 1. The number of aromatic nitrogens is 2. The van der Waals surface area contributed by atoms with E-state index in [1.54, 1.807) is 18.5 Å². The number of benzene rings is 1. The molecule has 0 radical (unpaired) electrons. The quantitative estimate of drug-likeness (QED) is 0.496. The van der Waals surface area contributed by atoms with Gasteiger partial charge in [-0.25, -0.2) is 27.5 Å². The lowest BCUT2D eigenvalue weighted by Crippen LogP contribution is -2.47. The third kappa shape index (κ3) is 8.03. The molecule has 0 saturated carbocycles. The van der Waals surface area contributed by atoms with E-state index in [0.717, 1.165) is 5.56 Å². The number of rotatable bonds is 11. The van der Waals surface area contributed by atoms with Gasteiger partial charge >= 0.3 is 6.09 Å². The molecule has 0 bridgehead atoms. The van der Waals surface area contributed by atoms with Crippen LogP contribution in [0.25, 0.3) is 0 Å². The Balaban J connectivity index is 1.48. The fourth-order valence-electron chi connectivity index (χ4n) is 4.14. The SMILES string of the molecule is Cc1ccc(C)c(COC2CCN(S(=O)(=O)CC(CCCc3ncccn3)NC(=O)O)CC2)c1. The molecule has 0 aliphatic carbocycles. The van der Waals surface area contributed by atoms with Crippen LogP contribution in [-0.4, -0.2) is 64.9 Å². The van der Waals surface area contributed by atoms with Crippen molar-refractivity contribution in [3.05, 3.63) is 59.2 Å². The summed E-state index contributed by atoms with van der Waals surface area (Å²) in [6.45, 7) is 5.37. The van der Waals surface area contributed by atoms with E-state index >= 15 is 0 Å². The first-order chi connectivity index (χ1) is 16.2. The fraction of sp³-hybridized carbons (Fsp3) is 0.542. The molecule has 10 heteroatoms. The van der Waals surface area contributed by atoms with Crippen molar-refractivity contribution >= 4 is 16.1 Å². The number of nitrogens with one attached hydrogen (secondary N) is 1. The lowest BCUT2D eigenvalue weighted by molar-refractivity contribution is 0.00996. The van der Waals surface area contributed by atoms with Crippen LogP contribution in [0.3, 0.4) is 0 Å². The number of hydrogen-bond acceptors (Lipinski definition) is 6. The van der Waals surface area contributed by atoms with Crippen molar-refractivity contribution in [2.75, 3.05) is 18.8 Å². The molecule has 1 unspecified atom stereocenters. The highest BCUT2D eigenvalue weighted by Gasteiger charge is 2.31. The highest BCUT2D eigenvalue weighted by atomic mass is 32.2. The minimum atomic E-state index is -3.61. The molecule has 1 fully saturated rings. The van der Waals surface area contributed by atoms with Crippen molar-refractivity contribution in [1.82, 2.24) is 19.6 Å². The van der Waals surface area contributed by atoms with Gasteiger partial charge < -0.3 is 15.2 Å². The van der Waals surface area contributed by atoms with Gasteiger partial charge in [-0.3, -0.25) is 0 Å². The van der Waals surface area contributed by atoms with E-state index in [9.17, 15) is 18.3 Å². The van der Waals surface area contributed by atoms with E-state index in [2.05, 4.69) is 40.4 Å². The molecule has 1 aromatic heterocycles. The molecule has 34 heavy (non-hydrogen) atoms. The number of nitrogens with zero attached hydrogens (tertiary/aromatic N) is 3. The van der Waals surface area contributed by atoms with Gasteiger partial charge in [-0.2, -0.15) is 0 Å². The maximum Gasteiger partial charge on any atom is 0.404 e. The van der Waals surface area contributed by atoms with E-state index in [1.165, 1.54) is 15.4 Å². The monoisotopic (exact) mass is 490 g/mol. The average Bonchev–Trinajstić information content (AvgIpc) is 2.80. The van der Waals surface area contributed by atoms with Crippen molar-refractivity contribution in [3.63, 3.8) is 0 Å². The summed E-state index contributed by atoms with van der Waals surface area (Å²) < 4.78 is 33.5. The predicted octanol–water partition coefficient (Wildman–Crippen LogP) is 3.06. The Hall–Kier alpha value is -2.56. The largest absolute Gasteiger partial charge is 0.465 e. The van der Waals surface area contributed by atoms with Crippen LogP contribution in [0.15, 0.2) is 36.7 Å². The van der Waals surface area contributed by atoms with Gasteiger partial charge in [0.2, 0.25) is 10.0 Å². The molecule has 1 amide bonds. The fourth-order valence-corrected chi connectivity index (χ4v) is 5.87. The molecule has 1 atom stereocenters. The molecule has 3 rings (SSSR count). The zero-order chi connectivity index (χ0) is 24.6. The second kappa shape index (κ2) is 12.2. The standard InChI is InChI=1S/C24H34N4O5S/c1-18-7-8-19(2)20(15-18)16-33-22-9-13-28(14-10-22)34(31,32)17-21(27-24(29)30)5-3-6-23-25-11-4-12-26-23/h4,7-8,11-12,15,21-22,27H,3,5-6,9-10,13-14,16-17H2,1-2H3,(H,29,30). The summed E-state index contributed by atoms with van der Waals surface area (Å²) in [6, 6.07) is 7.31. The van der Waals surface area contributed by atoms with E-state index in [0.29, 0.717) is 57.6 Å². The minimum Gasteiger partial charge on any atom is -0.465 e. The highest BCUT2D eigenvalue weighted by Crippen LogP contribution is 2.21. The summed E-state index contributed by atoms with van der Waals surface area (Å²) in [5, 5.41) is 11.5. The maximum absolute atomic E-state index is 13.0. The van der Waals surface area contributed by atoms with Crippen LogP contribution < -0.4 is 5.32 Å². The lowest BCUT2D eigenvalue weighted by atomic mass is 10.1. The van der Waals surface area contributed by atoms with Gasteiger partial charge in [-0.05, 0) is 56.7 Å². The number of aryl methyl sites for hydroxylation is 3. The van der Waals surface area contributed by atoms with E-state index in [-0.39, 0.29) is 11.9 Å². The van der Waals surface area contributed by atoms with Crippen molar-refractivity contribution < 1.29 is 23.1 Å². The van der Waals surface area contributed by atoms with Crippen LogP contribution in [0.2, 0.25) is 0 Å². The number of sulfonamides is 1. The van der Waals surface area contributed by atoms with Crippen molar-refractivity contribution in [2.24, 2.45) is 0 Å². The van der Waals surface area contributed by atoms with Crippen LogP contribution in [0, 0.1) is 13.8 Å². The molecule has 1 aromatic carbocycles. The smallest absolute Gasteiger partial charge is 0.404 e. The normalized spacial score (nSPS) is 16.3. The summed E-state index contributed by atoms with van der Waals surface area (Å²) in [4.78, 5) is 19.5. The van der Waals surface area contributed by atoms with Gasteiger partial charge in [0.05, 0.1) is 18.5 Å². The summed E-state index contributed by atoms with van der Waals surface area (Å²) >= 11 is 0. The number of piperidine rings is 1. The zero-order valence-electron chi connectivity index (χ0n) is 19.8. The van der Waals surface area contributed by atoms with Crippen LogP contribution in [0.1, 0.15) is 48.2 Å². The summed E-state index contributed by atoms with van der Waals surface area (Å²) in [5.41, 5.74) is 3.52. The van der Waals surface area contributed by atoms with E-state index < -0.39 is 22.2 Å². The molecular formula is C24H34N4O5S. The molecule has 2 heterocycles. The van der Waals surface area contributed by atoms with Gasteiger partial charge in [-0.1, -0.05) is 23.8 Å².